The monoisotopic (exact) mass is 230 g/mol. The minimum absolute atomic E-state index is 0.547. The van der Waals surface area contributed by atoms with Crippen molar-refractivity contribution < 1.29 is 4.39 Å². The van der Waals surface area contributed by atoms with Crippen molar-refractivity contribution in [2.75, 3.05) is 13.1 Å². The normalized spacial score (nSPS) is 19.4. The fourth-order valence-electron chi connectivity index (χ4n) is 2.46. The number of fused-ring (bicyclic) bond motifs is 1. The van der Waals surface area contributed by atoms with Gasteiger partial charge in [-0.2, -0.15) is 0 Å². The summed E-state index contributed by atoms with van der Waals surface area (Å²) in [7, 11) is 0. The first kappa shape index (κ1) is 10.7. The highest BCUT2D eigenvalue weighted by molar-refractivity contribution is 5.79. The largest absolute Gasteiger partial charge is 0.316 e. The summed E-state index contributed by atoms with van der Waals surface area (Å²) in [4.78, 5) is 4.29. The number of aromatic nitrogens is 1. The van der Waals surface area contributed by atoms with Crippen LogP contribution in [0.1, 0.15) is 18.4 Å². The highest BCUT2D eigenvalue weighted by Crippen LogP contribution is 2.35. The maximum absolute atomic E-state index is 14.8. The summed E-state index contributed by atoms with van der Waals surface area (Å²) in [5, 5.41) is 4.25. The maximum atomic E-state index is 14.8. The van der Waals surface area contributed by atoms with Crippen LogP contribution >= 0.6 is 0 Å². The Kier molecular flexibility index (Phi) is 2.56. The van der Waals surface area contributed by atoms with Gasteiger partial charge in [-0.1, -0.05) is 18.2 Å². The number of nitrogens with one attached hydrogen (secondary N) is 1. The molecule has 0 atom stereocenters. The minimum Gasteiger partial charge on any atom is -0.316 e. The van der Waals surface area contributed by atoms with Crippen LogP contribution < -0.4 is 5.32 Å². The molecule has 3 rings (SSSR count). The Hall–Kier alpha value is -1.48. The van der Waals surface area contributed by atoms with E-state index in [0.29, 0.717) is 12.8 Å². The first-order valence-corrected chi connectivity index (χ1v) is 6.03. The molecule has 0 unspecified atom stereocenters. The Balaban J connectivity index is 2.05. The molecule has 0 spiro atoms. The van der Waals surface area contributed by atoms with Crippen molar-refractivity contribution in [3.8, 4) is 0 Å². The Labute approximate surface area is 99.9 Å². The number of pyridine rings is 1. The van der Waals surface area contributed by atoms with Crippen LogP contribution in [0.4, 0.5) is 4.39 Å². The van der Waals surface area contributed by atoms with Gasteiger partial charge in [0.2, 0.25) is 0 Å². The molecule has 3 heteroatoms. The molecule has 0 aliphatic carbocycles. The van der Waals surface area contributed by atoms with Gasteiger partial charge in [-0.15, -0.1) is 0 Å². The third-order valence-electron chi connectivity index (χ3n) is 3.52. The molecule has 1 aliphatic rings. The predicted octanol–water partition coefficient (Wildman–Crippen LogP) is 2.78. The van der Waals surface area contributed by atoms with Crippen LogP contribution in [0.2, 0.25) is 0 Å². The maximum Gasteiger partial charge on any atom is 0.138 e. The van der Waals surface area contributed by atoms with E-state index < -0.39 is 5.67 Å². The third kappa shape index (κ3) is 1.91. The quantitative estimate of drug-likeness (QED) is 0.814. The summed E-state index contributed by atoms with van der Waals surface area (Å²) >= 11 is 0. The van der Waals surface area contributed by atoms with Crippen LogP contribution in [-0.4, -0.2) is 18.1 Å². The van der Waals surface area contributed by atoms with Crippen molar-refractivity contribution in [3.63, 3.8) is 0 Å². The molecule has 1 aromatic carbocycles. The van der Waals surface area contributed by atoms with Gasteiger partial charge in [0.1, 0.15) is 5.67 Å². The first-order valence-electron chi connectivity index (χ1n) is 6.03. The van der Waals surface area contributed by atoms with Gasteiger partial charge in [0, 0.05) is 11.6 Å². The van der Waals surface area contributed by atoms with E-state index in [9.17, 15) is 4.39 Å². The van der Waals surface area contributed by atoms with Crippen molar-refractivity contribution >= 4 is 10.9 Å². The first-order chi connectivity index (χ1) is 8.28. The molecule has 2 nitrogen and oxygen atoms in total. The summed E-state index contributed by atoms with van der Waals surface area (Å²) in [5.74, 6) is 0. The number of alkyl halides is 1. The number of benzene rings is 1. The van der Waals surface area contributed by atoms with Gasteiger partial charge in [-0.25, -0.2) is 4.39 Å². The van der Waals surface area contributed by atoms with Gasteiger partial charge in [0.05, 0.1) is 5.52 Å². The van der Waals surface area contributed by atoms with Crippen molar-refractivity contribution in [1.29, 1.82) is 0 Å². The predicted molar refractivity (Wildman–Crippen MR) is 66.6 cm³/mol. The van der Waals surface area contributed by atoms with E-state index in [-0.39, 0.29) is 0 Å². The molecular formula is C14H15FN2. The molecule has 1 aromatic heterocycles. The smallest absolute Gasteiger partial charge is 0.138 e. The number of hydrogen-bond donors (Lipinski definition) is 1. The molecular weight excluding hydrogens is 215 g/mol. The Morgan fingerprint density at radius 2 is 2.00 bits per heavy atom. The van der Waals surface area contributed by atoms with Crippen molar-refractivity contribution in [3.05, 3.63) is 42.1 Å². The third-order valence-corrected chi connectivity index (χ3v) is 3.52. The molecule has 0 amide bonds. The second-order valence-corrected chi connectivity index (χ2v) is 4.63. The lowest BCUT2D eigenvalue weighted by Gasteiger charge is -2.30. The van der Waals surface area contributed by atoms with Gasteiger partial charge < -0.3 is 5.32 Å². The van der Waals surface area contributed by atoms with E-state index in [1.165, 1.54) is 0 Å². The highest BCUT2D eigenvalue weighted by atomic mass is 19.1. The average molecular weight is 230 g/mol. The molecule has 1 fully saturated rings. The van der Waals surface area contributed by atoms with Crippen LogP contribution in [-0.2, 0) is 5.67 Å². The van der Waals surface area contributed by atoms with Gasteiger partial charge in [0.25, 0.3) is 0 Å². The van der Waals surface area contributed by atoms with Crippen LogP contribution in [0.25, 0.3) is 10.9 Å². The van der Waals surface area contributed by atoms with E-state index >= 15 is 0 Å². The fraction of sp³-hybridized carbons (Fsp3) is 0.357. The molecule has 2 heterocycles. The average Bonchev–Trinajstić information content (AvgIpc) is 2.39. The molecule has 0 saturated carbocycles. The summed E-state index contributed by atoms with van der Waals surface area (Å²) in [5.41, 5.74) is 0.461. The zero-order chi connectivity index (χ0) is 11.7. The number of hydrogen-bond acceptors (Lipinski definition) is 2. The SMILES string of the molecule is FC1(c2ccc3cccnc3c2)CCNCC1. The second kappa shape index (κ2) is 4.08. The van der Waals surface area contributed by atoms with Crippen molar-refractivity contribution in [2.24, 2.45) is 0 Å². The summed E-state index contributed by atoms with van der Waals surface area (Å²) in [6.07, 6.45) is 2.84. The number of piperidine rings is 1. The molecule has 2 aromatic rings. The summed E-state index contributed by atoms with van der Waals surface area (Å²) in [6, 6.07) is 9.65. The molecule has 88 valence electrons. The van der Waals surface area contributed by atoms with Crippen molar-refractivity contribution in [2.45, 2.75) is 18.5 Å². The van der Waals surface area contributed by atoms with Crippen LogP contribution in [0, 0.1) is 0 Å². The fourth-order valence-corrected chi connectivity index (χ4v) is 2.46. The van der Waals surface area contributed by atoms with Gasteiger partial charge in [-0.3, -0.25) is 4.98 Å². The number of rotatable bonds is 1. The molecule has 0 bridgehead atoms. The lowest BCUT2D eigenvalue weighted by Crippen LogP contribution is -2.36. The number of halogens is 1. The van der Waals surface area contributed by atoms with Crippen molar-refractivity contribution in [1.82, 2.24) is 10.3 Å². The van der Waals surface area contributed by atoms with Crippen LogP contribution in [0.5, 0.6) is 0 Å². The van der Waals surface area contributed by atoms with Gasteiger partial charge in [0.15, 0.2) is 0 Å². The molecule has 1 aliphatic heterocycles. The van der Waals surface area contributed by atoms with Gasteiger partial charge >= 0.3 is 0 Å². The molecule has 0 radical (unpaired) electrons. The van der Waals surface area contributed by atoms with E-state index in [1.807, 2.05) is 30.3 Å². The highest BCUT2D eigenvalue weighted by Gasteiger charge is 2.33. The van der Waals surface area contributed by atoms with E-state index in [4.69, 9.17) is 0 Å². The Morgan fingerprint density at radius 1 is 1.18 bits per heavy atom. The summed E-state index contributed by atoms with van der Waals surface area (Å²) < 4.78 is 14.8. The Bertz CT molecular complexity index is 532. The zero-order valence-electron chi connectivity index (χ0n) is 9.62. The van der Waals surface area contributed by atoms with Crippen LogP contribution in [0.3, 0.4) is 0 Å². The lowest BCUT2D eigenvalue weighted by atomic mass is 9.86. The standard InChI is InChI=1S/C14H15FN2/c15-14(5-8-16-9-6-14)12-4-3-11-2-1-7-17-13(11)10-12/h1-4,7,10,16H,5-6,8-9H2. The summed E-state index contributed by atoms with van der Waals surface area (Å²) in [6.45, 7) is 1.49. The Morgan fingerprint density at radius 3 is 2.82 bits per heavy atom. The van der Waals surface area contributed by atoms with Crippen LogP contribution in [0.15, 0.2) is 36.5 Å². The number of nitrogens with zero attached hydrogens (tertiary/aromatic N) is 1. The zero-order valence-corrected chi connectivity index (χ0v) is 9.62. The van der Waals surface area contributed by atoms with E-state index in [0.717, 1.165) is 29.6 Å². The lowest BCUT2D eigenvalue weighted by molar-refractivity contribution is 0.115. The second-order valence-electron chi connectivity index (χ2n) is 4.63. The van der Waals surface area contributed by atoms with E-state index in [1.54, 1.807) is 6.20 Å². The molecule has 1 saturated heterocycles. The minimum atomic E-state index is -1.18. The van der Waals surface area contributed by atoms with E-state index in [2.05, 4.69) is 10.3 Å². The van der Waals surface area contributed by atoms with Gasteiger partial charge in [-0.05, 0) is 43.6 Å². The topological polar surface area (TPSA) is 24.9 Å². The molecule has 17 heavy (non-hydrogen) atoms. The molecule has 1 N–H and O–H groups in total.